The van der Waals surface area contributed by atoms with Crippen molar-refractivity contribution < 1.29 is 14.0 Å². The van der Waals surface area contributed by atoms with E-state index in [1.54, 1.807) is 18.7 Å². The fourth-order valence-corrected chi connectivity index (χ4v) is 2.56. The number of rotatable bonds is 1. The van der Waals surface area contributed by atoms with Gasteiger partial charge in [0, 0.05) is 26.1 Å². The molecule has 1 aliphatic rings. The van der Waals surface area contributed by atoms with Crippen LogP contribution in [0.5, 0.6) is 0 Å². The van der Waals surface area contributed by atoms with E-state index in [-0.39, 0.29) is 11.8 Å². The van der Waals surface area contributed by atoms with Crippen LogP contribution in [0.4, 0.5) is 0 Å². The van der Waals surface area contributed by atoms with Crippen LogP contribution < -0.4 is 5.32 Å². The zero-order valence-corrected chi connectivity index (χ0v) is 12.0. The van der Waals surface area contributed by atoms with E-state index in [9.17, 15) is 9.59 Å². The van der Waals surface area contributed by atoms with Gasteiger partial charge in [0.05, 0.1) is 10.0 Å². The Hall–Kier alpha value is -1.30. The van der Waals surface area contributed by atoms with Gasteiger partial charge < -0.3 is 14.6 Å². The highest BCUT2D eigenvalue weighted by Gasteiger charge is 2.26. The summed E-state index contributed by atoms with van der Waals surface area (Å²) in [7, 11) is 0. The first kappa shape index (κ1) is 13.1. The summed E-state index contributed by atoms with van der Waals surface area (Å²) >= 11 is 3.38. The summed E-state index contributed by atoms with van der Waals surface area (Å²) in [6.45, 7) is 5.05. The van der Waals surface area contributed by atoms with Crippen molar-refractivity contribution in [2.75, 3.05) is 19.6 Å². The van der Waals surface area contributed by atoms with Crippen molar-refractivity contribution in [3.05, 3.63) is 21.6 Å². The minimum absolute atomic E-state index is 0.00976. The molecule has 18 heavy (non-hydrogen) atoms. The second kappa shape index (κ2) is 5.14. The van der Waals surface area contributed by atoms with Gasteiger partial charge in [-0.2, -0.15) is 0 Å². The quantitative estimate of drug-likeness (QED) is 0.856. The topological polar surface area (TPSA) is 62.6 Å². The molecule has 0 atom stereocenters. The molecule has 0 spiro atoms. The van der Waals surface area contributed by atoms with Crippen LogP contribution in [-0.4, -0.2) is 36.3 Å². The lowest BCUT2D eigenvalue weighted by atomic mass is 10.2. The van der Waals surface area contributed by atoms with Crippen molar-refractivity contribution in [2.45, 2.75) is 20.3 Å². The zero-order chi connectivity index (χ0) is 13.3. The second-order valence-electron chi connectivity index (χ2n) is 4.30. The molecule has 1 fully saturated rings. The maximum absolute atomic E-state index is 12.4. The molecule has 5 nitrogen and oxygen atoms in total. The number of furan rings is 1. The fraction of sp³-hybridized carbons (Fsp3) is 0.500. The third kappa shape index (κ3) is 2.43. The lowest BCUT2D eigenvalue weighted by Crippen LogP contribution is -2.34. The molecule has 1 aliphatic heterocycles. The molecule has 0 unspecified atom stereocenters. The van der Waals surface area contributed by atoms with Crippen molar-refractivity contribution >= 4 is 27.7 Å². The zero-order valence-electron chi connectivity index (χ0n) is 10.4. The van der Waals surface area contributed by atoms with Gasteiger partial charge in [-0.3, -0.25) is 9.59 Å². The van der Waals surface area contributed by atoms with Crippen molar-refractivity contribution in [2.24, 2.45) is 0 Å². The van der Waals surface area contributed by atoms with Gasteiger partial charge in [0.1, 0.15) is 11.5 Å². The Bertz CT molecular complexity index is 496. The highest BCUT2D eigenvalue weighted by molar-refractivity contribution is 9.10. The predicted octanol–water partition coefficient (Wildman–Crippen LogP) is 1.62. The van der Waals surface area contributed by atoms with Crippen molar-refractivity contribution in [1.29, 1.82) is 0 Å². The van der Waals surface area contributed by atoms with Gasteiger partial charge in [0.2, 0.25) is 5.91 Å². The summed E-state index contributed by atoms with van der Waals surface area (Å²) in [4.78, 5) is 25.3. The molecule has 0 radical (unpaired) electrons. The standard InChI is InChI=1S/C12H15BrN2O3/c1-7-10(11(13)8(2)18-7)12(17)15-5-3-9(16)14-4-6-15/h3-6H2,1-2H3,(H,14,16). The number of carbonyl (C=O) groups is 2. The molecular formula is C12H15BrN2O3. The van der Waals surface area contributed by atoms with Gasteiger partial charge in [-0.1, -0.05) is 0 Å². The van der Waals surface area contributed by atoms with E-state index in [1.165, 1.54) is 0 Å². The normalized spacial score (nSPS) is 16.4. The maximum atomic E-state index is 12.4. The molecule has 2 heterocycles. The van der Waals surface area contributed by atoms with E-state index in [0.29, 0.717) is 47.6 Å². The summed E-state index contributed by atoms with van der Waals surface area (Å²) in [5.74, 6) is 1.20. The Labute approximate surface area is 114 Å². The average molecular weight is 315 g/mol. The molecule has 1 aromatic rings. The first-order valence-electron chi connectivity index (χ1n) is 5.82. The molecule has 2 amide bonds. The molecule has 1 aromatic heterocycles. The van der Waals surface area contributed by atoms with Crippen LogP contribution in [0.3, 0.4) is 0 Å². The van der Waals surface area contributed by atoms with E-state index in [2.05, 4.69) is 21.2 Å². The summed E-state index contributed by atoms with van der Waals surface area (Å²) < 4.78 is 6.14. The van der Waals surface area contributed by atoms with Crippen molar-refractivity contribution in [1.82, 2.24) is 10.2 Å². The first-order chi connectivity index (χ1) is 8.50. The van der Waals surface area contributed by atoms with E-state index in [1.807, 2.05) is 0 Å². The van der Waals surface area contributed by atoms with Crippen LogP contribution in [0.1, 0.15) is 28.3 Å². The second-order valence-corrected chi connectivity index (χ2v) is 5.09. The molecule has 2 rings (SSSR count). The monoisotopic (exact) mass is 314 g/mol. The predicted molar refractivity (Wildman–Crippen MR) is 69.4 cm³/mol. The van der Waals surface area contributed by atoms with Gasteiger partial charge in [-0.15, -0.1) is 0 Å². The molecule has 0 aromatic carbocycles. The number of hydrogen-bond acceptors (Lipinski definition) is 3. The number of nitrogens with one attached hydrogen (secondary N) is 1. The molecule has 1 N–H and O–H groups in total. The SMILES string of the molecule is Cc1oc(C)c(C(=O)N2CCNC(=O)CC2)c1Br. The Morgan fingerprint density at radius 3 is 2.67 bits per heavy atom. The lowest BCUT2D eigenvalue weighted by molar-refractivity contribution is -0.120. The van der Waals surface area contributed by atoms with Crippen LogP contribution in [0.15, 0.2) is 8.89 Å². The number of halogens is 1. The molecule has 98 valence electrons. The highest BCUT2D eigenvalue weighted by atomic mass is 79.9. The molecule has 0 saturated carbocycles. The Morgan fingerprint density at radius 2 is 2.06 bits per heavy atom. The molecule has 0 bridgehead atoms. The van der Waals surface area contributed by atoms with Gasteiger partial charge >= 0.3 is 0 Å². The molecule has 0 aliphatic carbocycles. The summed E-state index contributed by atoms with van der Waals surface area (Å²) in [5, 5.41) is 2.75. The third-order valence-electron chi connectivity index (χ3n) is 3.00. The van der Waals surface area contributed by atoms with Crippen LogP contribution >= 0.6 is 15.9 Å². The summed E-state index contributed by atoms with van der Waals surface area (Å²) in [6, 6.07) is 0. The minimum atomic E-state index is -0.0901. The number of aryl methyl sites for hydroxylation is 2. The number of carbonyl (C=O) groups excluding carboxylic acids is 2. The van der Waals surface area contributed by atoms with Crippen molar-refractivity contribution in [3.63, 3.8) is 0 Å². The van der Waals surface area contributed by atoms with E-state index < -0.39 is 0 Å². The van der Waals surface area contributed by atoms with E-state index in [0.717, 1.165) is 0 Å². The largest absolute Gasteiger partial charge is 0.465 e. The summed E-state index contributed by atoms with van der Waals surface area (Å²) in [5.41, 5.74) is 0.557. The molecule has 1 saturated heterocycles. The number of nitrogens with zero attached hydrogens (tertiary/aromatic N) is 1. The van der Waals surface area contributed by atoms with Gasteiger partial charge in [-0.05, 0) is 29.8 Å². The average Bonchev–Trinajstić information content (AvgIpc) is 2.51. The minimum Gasteiger partial charge on any atom is -0.465 e. The van der Waals surface area contributed by atoms with Crippen LogP contribution in [-0.2, 0) is 4.79 Å². The molecule has 6 heteroatoms. The highest BCUT2D eigenvalue weighted by Crippen LogP contribution is 2.28. The molecular weight excluding hydrogens is 300 g/mol. The van der Waals surface area contributed by atoms with Gasteiger partial charge in [0.15, 0.2) is 0 Å². The smallest absolute Gasteiger partial charge is 0.258 e. The van der Waals surface area contributed by atoms with Crippen LogP contribution in [0, 0.1) is 13.8 Å². The maximum Gasteiger partial charge on any atom is 0.258 e. The van der Waals surface area contributed by atoms with E-state index in [4.69, 9.17) is 4.42 Å². The Morgan fingerprint density at radius 1 is 1.33 bits per heavy atom. The Balaban J connectivity index is 2.22. The van der Waals surface area contributed by atoms with Crippen molar-refractivity contribution in [3.8, 4) is 0 Å². The van der Waals surface area contributed by atoms with E-state index >= 15 is 0 Å². The Kier molecular flexibility index (Phi) is 3.75. The fourth-order valence-electron chi connectivity index (χ4n) is 2.03. The van der Waals surface area contributed by atoms with Crippen LogP contribution in [0.2, 0.25) is 0 Å². The van der Waals surface area contributed by atoms with Gasteiger partial charge in [-0.25, -0.2) is 0 Å². The number of hydrogen-bond donors (Lipinski definition) is 1. The number of amides is 2. The lowest BCUT2D eigenvalue weighted by Gasteiger charge is -2.19. The van der Waals surface area contributed by atoms with Crippen LogP contribution in [0.25, 0.3) is 0 Å². The third-order valence-corrected chi connectivity index (χ3v) is 3.96. The summed E-state index contributed by atoms with van der Waals surface area (Å²) in [6.07, 6.45) is 0.346. The first-order valence-corrected chi connectivity index (χ1v) is 6.61. The van der Waals surface area contributed by atoms with Gasteiger partial charge in [0.25, 0.3) is 5.91 Å².